The van der Waals surface area contributed by atoms with Gasteiger partial charge in [0.25, 0.3) is 0 Å². The number of aromatic nitrogens is 4. The number of ether oxygens (including phenoxy) is 1. The molecule has 2 aliphatic heterocycles. The Morgan fingerprint density at radius 2 is 1.81 bits per heavy atom. The van der Waals surface area contributed by atoms with Crippen LogP contribution in [0.2, 0.25) is 0 Å². The molecule has 0 saturated carbocycles. The minimum Gasteiger partial charge on any atom is -0.383 e. The van der Waals surface area contributed by atoms with E-state index in [0.29, 0.717) is 48.0 Å². The van der Waals surface area contributed by atoms with E-state index in [0.717, 1.165) is 6.54 Å². The summed E-state index contributed by atoms with van der Waals surface area (Å²) in [5.74, 6) is 2.02. The molecular weight excluding hydrogens is 334 g/mol. The lowest BCUT2D eigenvalue weighted by atomic mass is 9.83. The SMILES string of the molecule is COCCNc1nc2nonc2nc1NC[C@@H]1CCCN2CCCC[C@H]12. The molecule has 9 heteroatoms. The molecule has 0 bridgehead atoms. The predicted molar refractivity (Wildman–Crippen MR) is 98.2 cm³/mol. The Balaban J connectivity index is 1.47. The molecule has 2 aromatic rings. The van der Waals surface area contributed by atoms with E-state index in [1.54, 1.807) is 7.11 Å². The number of rotatable bonds is 7. The second kappa shape index (κ2) is 8.13. The van der Waals surface area contributed by atoms with Crippen LogP contribution < -0.4 is 10.6 Å². The number of anilines is 2. The predicted octanol–water partition coefficient (Wildman–Crippen LogP) is 1.75. The van der Waals surface area contributed by atoms with Gasteiger partial charge >= 0.3 is 0 Å². The highest BCUT2D eigenvalue weighted by Crippen LogP contribution is 2.31. The van der Waals surface area contributed by atoms with E-state index < -0.39 is 0 Å². The van der Waals surface area contributed by atoms with Gasteiger partial charge in [-0.2, -0.15) is 0 Å². The summed E-state index contributed by atoms with van der Waals surface area (Å²) in [5, 5.41) is 14.4. The maximum atomic E-state index is 5.11. The van der Waals surface area contributed by atoms with Gasteiger partial charge in [-0.15, -0.1) is 0 Å². The smallest absolute Gasteiger partial charge is 0.245 e. The van der Waals surface area contributed by atoms with Crippen molar-refractivity contribution in [2.75, 3.05) is 50.5 Å². The van der Waals surface area contributed by atoms with Gasteiger partial charge in [0, 0.05) is 26.2 Å². The first-order chi connectivity index (χ1) is 12.8. The van der Waals surface area contributed by atoms with Gasteiger partial charge in [-0.25, -0.2) is 14.6 Å². The Morgan fingerprint density at radius 1 is 1.04 bits per heavy atom. The maximum absolute atomic E-state index is 5.11. The van der Waals surface area contributed by atoms with Gasteiger partial charge in [0.05, 0.1) is 6.61 Å². The molecule has 0 aliphatic carbocycles. The number of piperidine rings is 2. The lowest BCUT2D eigenvalue weighted by molar-refractivity contribution is 0.0649. The molecular formula is C17H27N7O2. The number of hydrogen-bond acceptors (Lipinski definition) is 9. The number of hydrogen-bond donors (Lipinski definition) is 2. The molecule has 4 heterocycles. The Bertz CT molecular complexity index is 720. The van der Waals surface area contributed by atoms with Gasteiger partial charge in [-0.1, -0.05) is 6.42 Å². The summed E-state index contributed by atoms with van der Waals surface area (Å²) in [4.78, 5) is 11.7. The molecule has 0 spiro atoms. The van der Waals surface area contributed by atoms with Crippen LogP contribution >= 0.6 is 0 Å². The fraction of sp³-hybridized carbons (Fsp3) is 0.765. The molecule has 0 aromatic carbocycles. The molecule has 0 amide bonds. The van der Waals surface area contributed by atoms with E-state index in [1.807, 2.05) is 0 Å². The van der Waals surface area contributed by atoms with E-state index in [4.69, 9.17) is 9.37 Å². The van der Waals surface area contributed by atoms with Gasteiger partial charge < -0.3 is 20.3 Å². The minimum absolute atomic E-state index is 0.409. The second-order valence-electron chi connectivity index (χ2n) is 7.13. The van der Waals surface area contributed by atoms with Crippen LogP contribution in [0.25, 0.3) is 11.3 Å². The highest BCUT2D eigenvalue weighted by molar-refractivity contribution is 5.73. The largest absolute Gasteiger partial charge is 0.383 e. The molecule has 9 nitrogen and oxygen atoms in total. The van der Waals surface area contributed by atoms with Crippen molar-refractivity contribution >= 4 is 22.9 Å². The molecule has 2 saturated heterocycles. The van der Waals surface area contributed by atoms with Crippen molar-refractivity contribution in [1.82, 2.24) is 25.2 Å². The summed E-state index contributed by atoms with van der Waals surface area (Å²) in [6, 6.07) is 0.695. The third-order valence-corrected chi connectivity index (χ3v) is 5.47. The van der Waals surface area contributed by atoms with Crippen molar-refractivity contribution in [1.29, 1.82) is 0 Å². The zero-order valence-corrected chi connectivity index (χ0v) is 15.3. The van der Waals surface area contributed by atoms with Crippen molar-refractivity contribution in [3.05, 3.63) is 0 Å². The first kappa shape index (κ1) is 17.4. The Kier molecular flexibility index (Phi) is 5.45. The lowest BCUT2D eigenvalue weighted by Gasteiger charge is -2.44. The summed E-state index contributed by atoms with van der Waals surface area (Å²) in [6.45, 7) is 4.64. The molecule has 2 atom stereocenters. The monoisotopic (exact) mass is 361 g/mol. The van der Waals surface area contributed by atoms with Crippen molar-refractivity contribution < 1.29 is 9.37 Å². The minimum atomic E-state index is 0.409. The van der Waals surface area contributed by atoms with Crippen LogP contribution in [-0.4, -0.2) is 71.1 Å². The third kappa shape index (κ3) is 3.73. The number of nitrogens with one attached hydrogen (secondary N) is 2. The Labute approximate surface area is 152 Å². The number of nitrogens with zero attached hydrogens (tertiary/aromatic N) is 5. The zero-order chi connectivity index (χ0) is 17.8. The van der Waals surface area contributed by atoms with Crippen molar-refractivity contribution in [3.63, 3.8) is 0 Å². The van der Waals surface area contributed by atoms with Crippen LogP contribution in [0.3, 0.4) is 0 Å². The zero-order valence-electron chi connectivity index (χ0n) is 15.3. The first-order valence-electron chi connectivity index (χ1n) is 9.56. The van der Waals surface area contributed by atoms with E-state index in [2.05, 4.69) is 35.8 Å². The molecule has 2 fully saturated rings. The fourth-order valence-corrected chi connectivity index (χ4v) is 4.20. The third-order valence-electron chi connectivity index (χ3n) is 5.47. The molecule has 0 unspecified atom stereocenters. The molecule has 2 N–H and O–H groups in total. The molecule has 2 aromatic heterocycles. The highest BCUT2D eigenvalue weighted by atomic mass is 16.6. The maximum Gasteiger partial charge on any atom is 0.245 e. The topological polar surface area (TPSA) is 101 Å². The molecule has 4 rings (SSSR count). The van der Waals surface area contributed by atoms with Gasteiger partial charge in [-0.05, 0) is 55.0 Å². The fourth-order valence-electron chi connectivity index (χ4n) is 4.20. The van der Waals surface area contributed by atoms with Gasteiger partial charge in [0.2, 0.25) is 11.3 Å². The average Bonchev–Trinajstić information content (AvgIpc) is 3.13. The summed E-state index contributed by atoms with van der Waals surface area (Å²) < 4.78 is 9.86. The van der Waals surface area contributed by atoms with E-state index in [9.17, 15) is 0 Å². The highest BCUT2D eigenvalue weighted by Gasteiger charge is 2.32. The van der Waals surface area contributed by atoms with Crippen LogP contribution in [0.15, 0.2) is 4.63 Å². The quantitative estimate of drug-likeness (QED) is 0.714. The van der Waals surface area contributed by atoms with Crippen LogP contribution in [0.5, 0.6) is 0 Å². The van der Waals surface area contributed by atoms with Crippen LogP contribution in [0.4, 0.5) is 11.6 Å². The van der Waals surface area contributed by atoms with E-state index >= 15 is 0 Å². The normalized spacial score (nSPS) is 23.7. The number of fused-ring (bicyclic) bond motifs is 2. The molecule has 26 heavy (non-hydrogen) atoms. The Morgan fingerprint density at radius 3 is 2.62 bits per heavy atom. The van der Waals surface area contributed by atoms with Crippen LogP contribution in [0, 0.1) is 5.92 Å². The summed E-state index contributed by atoms with van der Waals surface area (Å²) in [7, 11) is 1.68. The summed E-state index contributed by atoms with van der Waals surface area (Å²) in [6.07, 6.45) is 6.54. The van der Waals surface area contributed by atoms with Crippen molar-refractivity contribution in [2.24, 2.45) is 5.92 Å². The average molecular weight is 361 g/mol. The van der Waals surface area contributed by atoms with Crippen molar-refractivity contribution in [3.8, 4) is 0 Å². The standard InChI is InChI=1S/C17H27N7O2/c1-25-10-7-18-14-15(21-17-16(20-14)22-26-23-17)19-11-12-5-4-9-24-8-3-2-6-13(12)24/h12-13H,2-11H2,1H3,(H,18,20,22)(H,19,21,23)/t12-,13+/m0/s1. The van der Waals surface area contributed by atoms with Crippen LogP contribution in [0.1, 0.15) is 32.1 Å². The summed E-state index contributed by atoms with van der Waals surface area (Å²) >= 11 is 0. The molecule has 2 aliphatic rings. The Hall–Kier alpha value is -2.00. The van der Waals surface area contributed by atoms with Gasteiger partial charge in [0.1, 0.15) is 0 Å². The summed E-state index contributed by atoms with van der Waals surface area (Å²) in [5.41, 5.74) is 0.833. The van der Waals surface area contributed by atoms with E-state index in [1.165, 1.54) is 45.2 Å². The second-order valence-corrected chi connectivity index (χ2v) is 7.13. The van der Waals surface area contributed by atoms with Crippen LogP contribution in [-0.2, 0) is 4.74 Å². The number of methoxy groups -OCH3 is 1. The van der Waals surface area contributed by atoms with E-state index in [-0.39, 0.29) is 0 Å². The molecule has 142 valence electrons. The first-order valence-corrected chi connectivity index (χ1v) is 9.56. The lowest BCUT2D eigenvalue weighted by Crippen LogP contribution is -2.49. The molecule has 0 radical (unpaired) electrons. The van der Waals surface area contributed by atoms with Gasteiger partial charge in [-0.3, -0.25) is 0 Å². The van der Waals surface area contributed by atoms with Crippen molar-refractivity contribution in [2.45, 2.75) is 38.1 Å². The van der Waals surface area contributed by atoms with Gasteiger partial charge in [0.15, 0.2) is 11.6 Å².